The third kappa shape index (κ3) is 3.26. The molecule has 0 radical (unpaired) electrons. The van der Waals surface area contributed by atoms with Gasteiger partial charge in [-0.1, -0.05) is 11.8 Å². The van der Waals surface area contributed by atoms with Gasteiger partial charge in [0.05, 0.1) is 11.5 Å². The summed E-state index contributed by atoms with van der Waals surface area (Å²) < 4.78 is 0. The van der Waals surface area contributed by atoms with E-state index in [9.17, 15) is 10.1 Å². The van der Waals surface area contributed by atoms with Crippen LogP contribution in [0.15, 0.2) is 18.2 Å². The van der Waals surface area contributed by atoms with Gasteiger partial charge in [0, 0.05) is 11.6 Å². The van der Waals surface area contributed by atoms with Crippen LogP contribution in [-0.2, 0) is 0 Å². The lowest BCUT2D eigenvalue weighted by atomic mass is 10.2. The zero-order valence-corrected chi connectivity index (χ0v) is 9.23. The Morgan fingerprint density at radius 2 is 2.19 bits per heavy atom. The fraction of sp³-hybridized carbons (Fsp3) is 0.273. The van der Waals surface area contributed by atoms with Crippen molar-refractivity contribution in [3.05, 3.63) is 33.9 Å². The third-order valence-electron chi connectivity index (χ3n) is 1.85. The molecule has 0 spiro atoms. The molecule has 0 bridgehead atoms. The summed E-state index contributed by atoms with van der Waals surface area (Å²) in [6, 6.07) is 4.48. The second-order valence-corrected chi connectivity index (χ2v) is 3.57. The fourth-order valence-corrected chi connectivity index (χ4v) is 1.10. The van der Waals surface area contributed by atoms with Gasteiger partial charge in [0.1, 0.15) is 5.69 Å². The molecule has 1 aromatic rings. The minimum absolute atomic E-state index is 0.0850. The summed E-state index contributed by atoms with van der Waals surface area (Å²) >= 11 is 0. The number of nitrogens with zero attached hydrogens (tertiary/aromatic N) is 2. The van der Waals surface area contributed by atoms with Gasteiger partial charge in [0.2, 0.25) is 0 Å². The molecule has 16 heavy (non-hydrogen) atoms. The molecule has 0 aliphatic heterocycles. The Kier molecular flexibility index (Phi) is 3.86. The molecule has 84 valence electrons. The van der Waals surface area contributed by atoms with Gasteiger partial charge in [-0.25, -0.2) is 0 Å². The van der Waals surface area contributed by atoms with Crippen molar-refractivity contribution < 1.29 is 4.92 Å². The van der Waals surface area contributed by atoms with Crippen molar-refractivity contribution in [2.45, 2.75) is 0 Å². The molecule has 0 atom stereocenters. The first kappa shape index (κ1) is 12.0. The normalized spacial score (nSPS) is 9.69. The van der Waals surface area contributed by atoms with Crippen molar-refractivity contribution in [1.29, 1.82) is 0 Å². The van der Waals surface area contributed by atoms with E-state index in [1.807, 2.05) is 19.0 Å². The lowest BCUT2D eigenvalue weighted by molar-refractivity contribution is -0.383. The first-order valence-corrected chi connectivity index (χ1v) is 4.68. The van der Waals surface area contributed by atoms with Gasteiger partial charge in [-0.2, -0.15) is 0 Å². The van der Waals surface area contributed by atoms with Crippen LogP contribution in [0.3, 0.4) is 0 Å². The highest BCUT2D eigenvalue weighted by Crippen LogP contribution is 2.21. The molecule has 5 heteroatoms. The molecule has 1 rings (SSSR count). The zero-order valence-electron chi connectivity index (χ0n) is 9.23. The van der Waals surface area contributed by atoms with Gasteiger partial charge in [-0.15, -0.1) is 0 Å². The Morgan fingerprint density at radius 3 is 2.69 bits per heavy atom. The molecule has 0 fully saturated rings. The molecule has 0 heterocycles. The van der Waals surface area contributed by atoms with E-state index in [2.05, 4.69) is 11.8 Å². The summed E-state index contributed by atoms with van der Waals surface area (Å²) in [4.78, 5) is 11.9. The van der Waals surface area contributed by atoms with E-state index in [1.54, 1.807) is 6.07 Å². The second-order valence-electron chi connectivity index (χ2n) is 3.57. The third-order valence-corrected chi connectivity index (χ3v) is 1.85. The molecular formula is C11H13N3O2. The number of nitro benzene ring substituents is 1. The van der Waals surface area contributed by atoms with Crippen molar-refractivity contribution in [1.82, 2.24) is 4.90 Å². The second kappa shape index (κ2) is 5.14. The predicted molar refractivity (Wildman–Crippen MR) is 62.9 cm³/mol. The van der Waals surface area contributed by atoms with Gasteiger partial charge in [0.15, 0.2) is 0 Å². The molecule has 0 aliphatic carbocycles. The van der Waals surface area contributed by atoms with Crippen molar-refractivity contribution in [3.63, 3.8) is 0 Å². The maximum Gasteiger partial charge on any atom is 0.292 e. The van der Waals surface area contributed by atoms with Crippen molar-refractivity contribution in [3.8, 4) is 11.8 Å². The average molecular weight is 219 g/mol. The van der Waals surface area contributed by atoms with E-state index in [4.69, 9.17) is 5.73 Å². The van der Waals surface area contributed by atoms with Crippen LogP contribution in [0.25, 0.3) is 0 Å². The Hall–Kier alpha value is -2.06. The summed E-state index contributed by atoms with van der Waals surface area (Å²) in [6.07, 6.45) is 0. The summed E-state index contributed by atoms with van der Waals surface area (Å²) in [6.45, 7) is 0.636. The Morgan fingerprint density at radius 1 is 1.50 bits per heavy atom. The minimum atomic E-state index is -0.508. The van der Waals surface area contributed by atoms with Gasteiger partial charge in [-0.3, -0.25) is 15.0 Å². The van der Waals surface area contributed by atoms with E-state index in [0.717, 1.165) is 0 Å². The molecule has 0 aromatic heterocycles. The number of hydrogen-bond donors (Lipinski definition) is 1. The maximum absolute atomic E-state index is 10.5. The molecule has 0 saturated carbocycles. The molecule has 1 aromatic carbocycles. The van der Waals surface area contributed by atoms with E-state index >= 15 is 0 Å². The summed E-state index contributed by atoms with van der Waals surface area (Å²) in [5, 5.41) is 10.5. The Bertz CT molecular complexity index is 458. The number of rotatable bonds is 2. The minimum Gasteiger partial charge on any atom is -0.393 e. The van der Waals surface area contributed by atoms with Crippen LogP contribution >= 0.6 is 0 Å². The van der Waals surface area contributed by atoms with E-state index in [1.165, 1.54) is 12.1 Å². The zero-order chi connectivity index (χ0) is 12.1. The largest absolute Gasteiger partial charge is 0.393 e. The number of nitrogens with two attached hydrogens (primary N) is 1. The van der Waals surface area contributed by atoms with E-state index in [0.29, 0.717) is 12.1 Å². The monoisotopic (exact) mass is 219 g/mol. The predicted octanol–water partition coefficient (Wildman–Crippen LogP) is 1.09. The highest BCUT2D eigenvalue weighted by Gasteiger charge is 2.09. The van der Waals surface area contributed by atoms with Crippen molar-refractivity contribution in [2.75, 3.05) is 26.4 Å². The van der Waals surface area contributed by atoms with Crippen LogP contribution in [0.2, 0.25) is 0 Å². The van der Waals surface area contributed by atoms with Crippen LogP contribution < -0.4 is 5.73 Å². The standard InChI is InChI=1S/C11H13N3O2/c1-13(2)7-3-4-9-5-6-11(14(15)16)10(12)8-9/h5-6,8H,7,12H2,1-2H3. The SMILES string of the molecule is CN(C)CC#Cc1ccc([N+](=O)[O-])c(N)c1. The van der Waals surface area contributed by atoms with Crippen LogP contribution in [0.1, 0.15) is 5.56 Å². The van der Waals surface area contributed by atoms with Gasteiger partial charge in [-0.05, 0) is 26.2 Å². The number of nitrogen functional groups attached to an aromatic ring is 1. The van der Waals surface area contributed by atoms with Gasteiger partial charge < -0.3 is 5.73 Å². The first-order chi connectivity index (χ1) is 7.50. The highest BCUT2D eigenvalue weighted by atomic mass is 16.6. The van der Waals surface area contributed by atoms with Crippen LogP contribution in [0.4, 0.5) is 11.4 Å². The van der Waals surface area contributed by atoms with Crippen molar-refractivity contribution >= 4 is 11.4 Å². The van der Waals surface area contributed by atoms with Gasteiger partial charge >= 0.3 is 0 Å². The number of hydrogen-bond acceptors (Lipinski definition) is 4. The molecule has 0 saturated heterocycles. The van der Waals surface area contributed by atoms with Crippen LogP contribution in [0, 0.1) is 22.0 Å². The quantitative estimate of drug-likeness (QED) is 0.350. The molecule has 5 nitrogen and oxygen atoms in total. The van der Waals surface area contributed by atoms with Crippen molar-refractivity contribution in [2.24, 2.45) is 0 Å². The summed E-state index contributed by atoms with van der Waals surface area (Å²) in [5.74, 6) is 5.82. The highest BCUT2D eigenvalue weighted by molar-refractivity contribution is 5.61. The van der Waals surface area contributed by atoms with Gasteiger partial charge in [0.25, 0.3) is 5.69 Å². The number of benzene rings is 1. The fourth-order valence-electron chi connectivity index (χ4n) is 1.10. The van der Waals surface area contributed by atoms with Crippen LogP contribution in [-0.4, -0.2) is 30.5 Å². The first-order valence-electron chi connectivity index (χ1n) is 4.68. The topological polar surface area (TPSA) is 72.4 Å². The Balaban J connectivity index is 2.88. The number of anilines is 1. The maximum atomic E-state index is 10.5. The summed E-state index contributed by atoms with van der Waals surface area (Å²) in [7, 11) is 3.83. The van der Waals surface area contributed by atoms with Crippen LogP contribution in [0.5, 0.6) is 0 Å². The smallest absolute Gasteiger partial charge is 0.292 e. The average Bonchev–Trinajstić information content (AvgIpc) is 2.16. The Labute approximate surface area is 94.0 Å². The lowest BCUT2D eigenvalue weighted by Gasteiger charge is -2.01. The molecule has 0 unspecified atom stereocenters. The molecule has 2 N–H and O–H groups in total. The molecule has 0 aliphatic rings. The van der Waals surface area contributed by atoms with E-state index in [-0.39, 0.29) is 11.4 Å². The molecular weight excluding hydrogens is 206 g/mol. The lowest BCUT2D eigenvalue weighted by Crippen LogP contribution is -2.10. The van der Waals surface area contributed by atoms with E-state index < -0.39 is 4.92 Å². The summed E-state index contributed by atoms with van der Waals surface area (Å²) in [5.41, 5.74) is 6.27. The molecule has 0 amide bonds. The number of nitro groups is 1.